The van der Waals surface area contributed by atoms with E-state index in [1.54, 1.807) is 49.4 Å². The predicted molar refractivity (Wildman–Crippen MR) is 120 cm³/mol. The second-order valence-electron chi connectivity index (χ2n) is 8.68. The lowest BCUT2D eigenvalue weighted by Gasteiger charge is -2.34. The molecule has 3 amide bonds. The largest absolute Gasteiger partial charge is 0.292 e. The molecule has 0 bridgehead atoms. The van der Waals surface area contributed by atoms with Gasteiger partial charge >= 0.3 is 0 Å². The number of amides is 3. The molecule has 1 aliphatic carbocycles. The van der Waals surface area contributed by atoms with E-state index in [0.717, 1.165) is 16.4 Å². The van der Waals surface area contributed by atoms with Crippen LogP contribution in [0.15, 0.2) is 54.6 Å². The summed E-state index contributed by atoms with van der Waals surface area (Å²) in [4.78, 5) is 53.5. The fraction of sp³-hybridized carbons (Fsp3) is 0.360. The van der Waals surface area contributed by atoms with Crippen LogP contribution in [-0.4, -0.2) is 39.6 Å². The van der Waals surface area contributed by atoms with Crippen molar-refractivity contribution in [2.75, 3.05) is 0 Å². The molecule has 7 heteroatoms. The lowest BCUT2D eigenvalue weighted by Crippen LogP contribution is -2.56. The molecule has 2 aliphatic rings. The molecule has 0 spiro atoms. The standard InChI is InChI=1S/C25H25ClN2O4/c1-15-8-13-20-21(14-15)25(32)28(24(20)31)27(23(30)18-9-11-19(26)12-10-18)16(2)22(29)17-6-4-3-5-7-17/h3-7,9-12,15-16,20-21H,8,13-14H2,1-2H3/t15-,16-,20+,21+/m1/s1. The Morgan fingerprint density at radius 2 is 1.56 bits per heavy atom. The highest BCUT2D eigenvalue weighted by Gasteiger charge is 2.53. The Balaban J connectivity index is 1.74. The van der Waals surface area contributed by atoms with Gasteiger partial charge in [0.1, 0.15) is 6.04 Å². The Morgan fingerprint density at radius 3 is 2.22 bits per heavy atom. The highest BCUT2D eigenvalue weighted by atomic mass is 35.5. The fourth-order valence-electron chi connectivity index (χ4n) is 4.70. The minimum absolute atomic E-state index is 0.242. The summed E-state index contributed by atoms with van der Waals surface area (Å²) >= 11 is 5.96. The number of halogens is 1. The monoisotopic (exact) mass is 452 g/mol. The van der Waals surface area contributed by atoms with Gasteiger partial charge in [0.15, 0.2) is 5.78 Å². The molecule has 0 N–H and O–H groups in total. The Labute approximate surface area is 192 Å². The second kappa shape index (κ2) is 8.87. The number of hydrogen-bond acceptors (Lipinski definition) is 4. The zero-order chi connectivity index (χ0) is 23.0. The number of rotatable bonds is 5. The molecule has 2 fully saturated rings. The minimum atomic E-state index is -1.05. The molecular formula is C25H25ClN2O4. The van der Waals surface area contributed by atoms with Crippen LogP contribution in [0.3, 0.4) is 0 Å². The van der Waals surface area contributed by atoms with Crippen LogP contribution in [0.2, 0.25) is 5.02 Å². The summed E-state index contributed by atoms with van der Waals surface area (Å²) in [5, 5.41) is 2.44. The molecule has 166 valence electrons. The molecule has 1 heterocycles. The van der Waals surface area contributed by atoms with E-state index in [4.69, 9.17) is 11.6 Å². The number of hydrazine groups is 1. The second-order valence-corrected chi connectivity index (χ2v) is 9.12. The van der Waals surface area contributed by atoms with E-state index in [9.17, 15) is 19.2 Å². The molecule has 4 rings (SSSR count). The summed E-state index contributed by atoms with van der Waals surface area (Å²) in [6.45, 7) is 3.61. The maximum atomic E-state index is 13.6. The summed E-state index contributed by atoms with van der Waals surface area (Å²) in [6.07, 6.45) is 2.07. The van der Waals surface area contributed by atoms with E-state index in [-0.39, 0.29) is 11.3 Å². The maximum absolute atomic E-state index is 13.6. The summed E-state index contributed by atoms with van der Waals surface area (Å²) in [5.41, 5.74) is 0.644. The molecule has 2 aromatic rings. The summed E-state index contributed by atoms with van der Waals surface area (Å²) in [6, 6.07) is 13.7. The molecule has 1 saturated carbocycles. The van der Waals surface area contributed by atoms with Crippen molar-refractivity contribution in [2.24, 2.45) is 17.8 Å². The SMILES string of the molecule is C[C@@H]1CC[C@@H]2C(=O)N(N(C(=O)c3ccc(Cl)cc3)[C@H](C)C(=O)c3ccccc3)C(=O)[C@H]2C1. The third-order valence-corrected chi connectivity index (χ3v) is 6.74. The van der Waals surface area contributed by atoms with Gasteiger partial charge in [-0.15, -0.1) is 0 Å². The van der Waals surface area contributed by atoms with Crippen molar-refractivity contribution in [3.05, 3.63) is 70.7 Å². The van der Waals surface area contributed by atoms with E-state index in [0.29, 0.717) is 29.3 Å². The number of imide groups is 1. The number of Topliss-reactive ketones (excluding diaryl/α,β-unsaturated/α-hetero) is 1. The van der Waals surface area contributed by atoms with Gasteiger partial charge in [0.25, 0.3) is 17.7 Å². The number of carbonyl (C=O) groups excluding carboxylic acids is 4. The van der Waals surface area contributed by atoms with Crippen molar-refractivity contribution in [1.29, 1.82) is 0 Å². The van der Waals surface area contributed by atoms with E-state index in [1.165, 1.54) is 12.1 Å². The van der Waals surface area contributed by atoms with Gasteiger partial charge < -0.3 is 0 Å². The number of benzene rings is 2. The quantitative estimate of drug-likeness (QED) is 0.498. The predicted octanol–water partition coefficient (Wildman–Crippen LogP) is 4.39. The van der Waals surface area contributed by atoms with Crippen LogP contribution in [-0.2, 0) is 9.59 Å². The first-order valence-corrected chi connectivity index (χ1v) is 11.2. The van der Waals surface area contributed by atoms with Crippen molar-refractivity contribution >= 4 is 35.1 Å². The first kappa shape index (κ1) is 22.2. The zero-order valence-corrected chi connectivity index (χ0v) is 18.8. The van der Waals surface area contributed by atoms with Crippen molar-refractivity contribution in [2.45, 2.75) is 39.2 Å². The van der Waals surface area contributed by atoms with Crippen LogP contribution in [0.4, 0.5) is 0 Å². The smallest absolute Gasteiger partial charge is 0.273 e. The molecule has 0 radical (unpaired) electrons. The van der Waals surface area contributed by atoms with E-state index >= 15 is 0 Å². The van der Waals surface area contributed by atoms with Gasteiger partial charge in [0.05, 0.1) is 11.8 Å². The zero-order valence-electron chi connectivity index (χ0n) is 18.0. The summed E-state index contributed by atoms with van der Waals surface area (Å²) in [5.74, 6) is -2.31. The molecule has 6 nitrogen and oxygen atoms in total. The van der Waals surface area contributed by atoms with Crippen molar-refractivity contribution in [3.8, 4) is 0 Å². The minimum Gasteiger partial charge on any atom is -0.292 e. The Morgan fingerprint density at radius 1 is 0.938 bits per heavy atom. The number of nitrogens with zero attached hydrogens (tertiary/aromatic N) is 2. The Hall–Kier alpha value is -2.99. The number of hydrogen-bond donors (Lipinski definition) is 0. The molecule has 1 aliphatic heterocycles. The van der Waals surface area contributed by atoms with Gasteiger partial charge in [-0.25, -0.2) is 5.01 Å². The third kappa shape index (κ3) is 3.95. The average Bonchev–Trinajstić information content (AvgIpc) is 3.04. The molecular weight excluding hydrogens is 428 g/mol. The molecule has 0 unspecified atom stereocenters. The first-order valence-electron chi connectivity index (χ1n) is 10.9. The number of ketones is 1. The van der Waals surface area contributed by atoms with Gasteiger partial charge in [-0.1, -0.05) is 48.9 Å². The van der Waals surface area contributed by atoms with Crippen LogP contribution < -0.4 is 0 Å². The van der Waals surface area contributed by atoms with Gasteiger partial charge in [0.2, 0.25) is 0 Å². The van der Waals surface area contributed by atoms with Crippen LogP contribution in [0.25, 0.3) is 0 Å². The number of fused-ring (bicyclic) bond motifs is 1. The normalized spacial score (nSPS) is 23.6. The molecule has 32 heavy (non-hydrogen) atoms. The summed E-state index contributed by atoms with van der Waals surface area (Å²) in [7, 11) is 0. The third-order valence-electron chi connectivity index (χ3n) is 6.48. The molecule has 4 atom stereocenters. The van der Waals surface area contributed by atoms with Crippen molar-refractivity contribution < 1.29 is 19.2 Å². The average molecular weight is 453 g/mol. The van der Waals surface area contributed by atoms with Crippen LogP contribution in [0.5, 0.6) is 0 Å². The summed E-state index contributed by atoms with van der Waals surface area (Å²) < 4.78 is 0. The van der Waals surface area contributed by atoms with E-state index < -0.39 is 35.6 Å². The van der Waals surface area contributed by atoms with Crippen LogP contribution in [0, 0.1) is 17.8 Å². The lowest BCUT2D eigenvalue weighted by molar-refractivity contribution is -0.156. The lowest BCUT2D eigenvalue weighted by atomic mass is 9.76. The Kier molecular flexibility index (Phi) is 6.15. The van der Waals surface area contributed by atoms with Crippen molar-refractivity contribution in [1.82, 2.24) is 10.0 Å². The van der Waals surface area contributed by atoms with Crippen LogP contribution >= 0.6 is 11.6 Å². The van der Waals surface area contributed by atoms with E-state index in [1.807, 2.05) is 0 Å². The first-order chi connectivity index (χ1) is 15.3. The Bertz CT molecular complexity index is 1050. The van der Waals surface area contributed by atoms with Gasteiger partial charge in [-0.05, 0) is 56.4 Å². The number of carbonyl (C=O) groups is 4. The van der Waals surface area contributed by atoms with Gasteiger partial charge in [0, 0.05) is 16.1 Å². The molecule has 0 aromatic heterocycles. The van der Waals surface area contributed by atoms with Crippen molar-refractivity contribution in [3.63, 3.8) is 0 Å². The highest BCUT2D eigenvalue weighted by molar-refractivity contribution is 6.30. The molecule has 2 aromatic carbocycles. The van der Waals surface area contributed by atoms with E-state index in [2.05, 4.69) is 6.92 Å². The van der Waals surface area contributed by atoms with Crippen LogP contribution in [0.1, 0.15) is 53.8 Å². The van der Waals surface area contributed by atoms with Gasteiger partial charge in [-0.3, -0.25) is 19.2 Å². The fourth-order valence-corrected chi connectivity index (χ4v) is 4.83. The highest BCUT2D eigenvalue weighted by Crippen LogP contribution is 2.41. The maximum Gasteiger partial charge on any atom is 0.273 e. The molecule has 1 saturated heterocycles. The van der Waals surface area contributed by atoms with Gasteiger partial charge in [-0.2, -0.15) is 5.01 Å². The topological polar surface area (TPSA) is 74.8 Å².